The molecule has 0 bridgehead atoms. The van der Waals surface area contributed by atoms with Crippen LogP contribution in [0, 0.1) is 0 Å². The number of urea groups is 1. The van der Waals surface area contributed by atoms with E-state index in [1.807, 2.05) is 0 Å². The molecule has 5 rings (SSSR count). The molecule has 174 valence electrons. The summed E-state index contributed by atoms with van der Waals surface area (Å²) < 4.78 is 0. The minimum absolute atomic E-state index is 0.0215. The van der Waals surface area contributed by atoms with Crippen molar-refractivity contribution in [1.29, 1.82) is 0 Å². The molecule has 0 spiro atoms. The molecule has 0 radical (unpaired) electrons. The van der Waals surface area contributed by atoms with Crippen LogP contribution in [0.15, 0.2) is 72.8 Å². The second-order valence-corrected chi connectivity index (χ2v) is 8.24. The first-order valence-electron chi connectivity index (χ1n) is 10.9. The number of rotatable bonds is 6. The van der Waals surface area contributed by atoms with Crippen LogP contribution in [0.4, 0.5) is 10.5 Å². The third-order valence-electron chi connectivity index (χ3n) is 5.87. The number of benzene rings is 3. The molecule has 3 aromatic rings. The Hall–Kier alpha value is -4.79. The van der Waals surface area contributed by atoms with Crippen molar-refractivity contribution in [2.75, 3.05) is 11.9 Å². The van der Waals surface area contributed by atoms with Crippen LogP contribution in [0.1, 0.15) is 42.2 Å². The summed E-state index contributed by atoms with van der Waals surface area (Å²) in [5, 5.41) is 5.28. The van der Waals surface area contributed by atoms with Crippen molar-refractivity contribution >= 4 is 35.3 Å². The van der Waals surface area contributed by atoms with E-state index in [1.165, 1.54) is 4.90 Å². The SMILES string of the molecule is O=C(Nc1cccc(CN2C(=O)CNC2=O)c1)c1cccc(CN2C(=O)c3ccccc3C2=O)c1. The molecule has 35 heavy (non-hydrogen) atoms. The van der Waals surface area contributed by atoms with Gasteiger partial charge in [-0.25, -0.2) is 4.79 Å². The lowest BCUT2D eigenvalue weighted by Gasteiger charge is -2.15. The highest BCUT2D eigenvalue weighted by Gasteiger charge is 2.35. The highest BCUT2D eigenvalue weighted by Crippen LogP contribution is 2.24. The number of fused-ring (bicyclic) bond motifs is 1. The molecular weight excluding hydrogens is 448 g/mol. The van der Waals surface area contributed by atoms with Gasteiger partial charge in [0.05, 0.1) is 30.8 Å². The maximum atomic E-state index is 12.9. The van der Waals surface area contributed by atoms with Gasteiger partial charge in [0.1, 0.15) is 0 Å². The van der Waals surface area contributed by atoms with Gasteiger partial charge >= 0.3 is 6.03 Å². The second kappa shape index (κ2) is 8.86. The molecule has 0 aliphatic carbocycles. The summed E-state index contributed by atoms with van der Waals surface area (Å²) in [6.45, 7) is 0.130. The van der Waals surface area contributed by atoms with E-state index >= 15 is 0 Å². The molecule has 1 saturated heterocycles. The number of anilines is 1. The largest absolute Gasteiger partial charge is 0.329 e. The van der Waals surface area contributed by atoms with E-state index in [0.717, 1.165) is 4.90 Å². The van der Waals surface area contributed by atoms with Gasteiger partial charge in [0.25, 0.3) is 17.7 Å². The van der Waals surface area contributed by atoms with Gasteiger partial charge in [-0.15, -0.1) is 0 Å². The normalized spacial score (nSPS) is 14.9. The number of nitrogens with one attached hydrogen (secondary N) is 2. The van der Waals surface area contributed by atoms with Gasteiger partial charge in [0, 0.05) is 11.3 Å². The quantitative estimate of drug-likeness (QED) is 0.426. The molecule has 2 aliphatic rings. The molecular formula is C26H20N4O5. The summed E-state index contributed by atoms with van der Waals surface area (Å²) in [7, 11) is 0. The van der Waals surface area contributed by atoms with Crippen LogP contribution in [-0.2, 0) is 17.9 Å². The number of carbonyl (C=O) groups is 5. The monoisotopic (exact) mass is 468 g/mol. The van der Waals surface area contributed by atoms with Crippen LogP contribution in [0.3, 0.4) is 0 Å². The summed E-state index contributed by atoms with van der Waals surface area (Å²) in [6, 6.07) is 19.8. The van der Waals surface area contributed by atoms with Crippen molar-refractivity contribution in [3.05, 3.63) is 101 Å². The number of hydrogen-bond donors (Lipinski definition) is 2. The molecule has 1 fully saturated rings. The zero-order valence-electron chi connectivity index (χ0n) is 18.5. The molecule has 6 amide bonds. The first kappa shape index (κ1) is 22.0. The van der Waals surface area contributed by atoms with Crippen LogP contribution in [-0.4, -0.2) is 46.0 Å². The van der Waals surface area contributed by atoms with Gasteiger partial charge in [0.2, 0.25) is 5.91 Å². The Kier molecular flexibility index (Phi) is 5.58. The smallest absolute Gasteiger partial charge is 0.324 e. The van der Waals surface area contributed by atoms with E-state index in [4.69, 9.17) is 0 Å². The van der Waals surface area contributed by atoms with E-state index in [-0.39, 0.29) is 43.3 Å². The molecule has 9 heteroatoms. The fourth-order valence-corrected chi connectivity index (χ4v) is 4.12. The van der Waals surface area contributed by atoms with Gasteiger partial charge in [0.15, 0.2) is 0 Å². The van der Waals surface area contributed by atoms with Crippen molar-refractivity contribution < 1.29 is 24.0 Å². The molecule has 9 nitrogen and oxygen atoms in total. The molecule has 0 saturated carbocycles. The Bertz CT molecular complexity index is 1350. The molecule has 2 aliphatic heterocycles. The van der Waals surface area contributed by atoms with Crippen molar-refractivity contribution in [1.82, 2.24) is 15.1 Å². The topological polar surface area (TPSA) is 116 Å². The average molecular weight is 468 g/mol. The lowest BCUT2D eigenvalue weighted by molar-refractivity contribution is -0.125. The second-order valence-electron chi connectivity index (χ2n) is 8.24. The Morgan fingerprint density at radius 3 is 2.06 bits per heavy atom. The Morgan fingerprint density at radius 2 is 1.40 bits per heavy atom. The molecule has 0 atom stereocenters. The van der Waals surface area contributed by atoms with E-state index in [0.29, 0.717) is 33.5 Å². The van der Waals surface area contributed by atoms with Gasteiger partial charge in [-0.05, 0) is 47.5 Å². The van der Waals surface area contributed by atoms with Gasteiger partial charge < -0.3 is 10.6 Å². The first-order chi connectivity index (χ1) is 16.9. The fraction of sp³-hybridized carbons (Fsp3) is 0.115. The lowest BCUT2D eigenvalue weighted by atomic mass is 10.1. The Labute approximate surface area is 200 Å². The number of nitrogens with zero attached hydrogens (tertiary/aromatic N) is 2. The van der Waals surface area contributed by atoms with E-state index in [2.05, 4.69) is 10.6 Å². The van der Waals surface area contributed by atoms with Gasteiger partial charge in [-0.1, -0.05) is 36.4 Å². The Morgan fingerprint density at radius 1 is 0.771 bits per heavy atom. The minimum atomic E-state index is -0.445. The predicted molar refractivity (Wildman–Crippen MR) is 125 cm³/mol. The number of imide groups is 2. The Balaban J connectivity index is 1.28. The number of hydrogen-bond acceptors (Lipinski definition) is 5. The maximum absolute atomic E-state index is 12.9. The number of amides is 6. The van der Waals surface area contributed by atoms with Gasteiger partial charge in [-0.2, -0.15) is 0 Å². The molecule has 2 heterocycles. The standard InChI is InChI=1S/C26H20N4O5/c31-22-13-27-26(35)29(22)14-17-6-4-8-19(12-17)28-23(32)18-7-3-5-16(11-18)15-30-24(33)20-9-1-2-10-21(20)25(30)34/h1-12H,13-15H2,(H,27,35)(H,28,32). The maximum Gasteiger partial charge on any atom is 0.324 e. The van der Waals surface area contributed by atoms with Crippen LogP contribution >= 0.6 is 0 Å². The van der Waals surface area contributed by atoms with Crippen molar-refractivity contribution in [2.45, 2.75) is 13.1 Å². The summed E-state index contributed by atoms with van der Waals surface area (Å²) in [4.78, 5) is 64.1. The first-order valence-corrected chi connectivity index (χ1v) is 10.9. The molecule has 0 aromatic heterocycles. The minimum Gasteiger partial charge on any atom is -0.329 e. The molecule has 2 N–H and O–H groups in total. The number of carbonyl (C=O) groups excluding carboxylic acids is 5. The van der Waals surface area contributed by atoms with Crippen LogP contribution in [0.5, 0.6) is 0 Å². The fourth-order valence-electron chi connectivity index (χ4n) is 4.12. The summed E-state index contributed by atoms with van der Waals surface area (Å²) >= 11 is 0. The van der Waals surface area contributed by atoms with Crippen LogP contribution < -0.4 is 10.6 Å². The zero-order valence-corrected chi connectivity index (χ0v) is 18.5. The zero-order chi connectivity index (χ0) is 24.5. The van der Waals surface area contributed by atoms with Crippen LogP contribution in [0.25, 0.3) is 0 Å². The molecule has 0 unspecified atom stereocenters. The summed E-state index contributed by atoms with van der Waals surface area (Å²) in [6.07, 6.45) is 0. The van der Waals surface area contributed by atoms with Crippen molar-refractivity contribution in [3.8, 4) is 0 Å². The predicted octanol–water partition coefficient (Wildman–Crippen LogP) is 2.79. The average Bonchev–Trinajstić information content (AvgIpc) is 3.30. The van der Waals surface area contributed by atoms with Crippen LogP contribution in [0.2, 0.25) is 0 Å². The summed E-state index contributed by atoms with van der Waals surface area (Å²) in [5.74, 6) is -1.40. The lowest BCUT2D eigenvalue weighted by Crippen LogP contribution is -2.30. The third kappa shape index (κ3) is 4.26. The van der Waals surface area contributed by atoms with Crippen molar-refractivity contribution in [2.24, 2.45) is 0 Å². The van der Waals surface area contributed by atoms with Crippen molar-refractivity contribution in [3.63, 3.8) is 0 Å². The third-order valence-corrected chi connectivity index (χ3v) is 5.87. The molecule has 3 aromatic carbocycles. The van der Waals surface area contributed by atoms with E-state index in [1.54, 1.807) is 72.8 Å². The highest BCUT2D eigenvalue weighted by atomic mass is 16.2. The van der Waals surface area contributed by atoms with Gasteiger partial charge in [-0.3, -0.25) is 29.0 Å². The summed E-state index contributed by atoms with van der Waals surface area (Å²) in [5.41, 5.74) is 2.94. The van der Waals surface area contributed by atoms with E-state index in [9.17, 15) is 24.0 Å². The highest BCUT2D eigenvalue weighted by molar-refractivity contribution is 6.21. The van der Waals surface area contributed by atoms with E-state index < -0.39 is 6.03 Å².